The molecule has 1 unspecified atom stereocenters. The Hall–Kier alpha value is -1.56. The van der Waals surface area contributed by atoms with Gasteiger partial charge >= 0.3 is 0 Å². The highest BCUT2D eigenvalue weighted by atomic mass is 14.3. The first-order valence-electron chi connectivity index (χ1n) is 9.21. The Bertz CT molecular complexity index is 736. The summed E-state index contributed by atoms with van der Waals surface area (Å²) in [5.41, 5.74) is 10.2. The maximum absolute atomic E-state index is 2.44. The molecule has 0 bridgehead atoms. The minimum Gasteiger partial charge on any atom is -0.0620 e. The third kappa shape index (κ3) is 2.73. The predicted octanol–water partition coefficient (Wildman–Crippen LogP) is 5.78. The fourth-order valence-corrected chi connectivity index (χ4v) is 4.83. The highest BCUT2D eigenvalue weighted by Crippen LogP contribution is 2.41. The molecular formula is C23H28. The van der Waals surface area contributed by atoms with Gasteiger partial charge in [-0.05, 0) is 90.2 Å². The molecule has 23 heavy (non-hydrogen) atoms. The molecule has 0 fully saturated rings. The lowest BCUT2D eigenvalue weighted by molar-refractivity contribution is 0.314. The lowest BCUT2D eigenvalue weighted by Gasteiger charge is -2.35. The van der Waals surface area contributed by atoms with E-state index >= 15 is 0 Å². The Kier molecular flexibility index (Phi) is 3.59. The van der Waals surface area contributed by atoms with Crippen molar-refractivity contribution < 1.29 is 0 Å². The molecule has 2 aromatic rings. The molecule has 2 aliphatic rings. The van der Waals surface area contributed by atoms with Crippen LogP contribution in [0.5, 0.6) is 0 Å². The molecule has 2 aromatic carbocycles. The molecule has 0 amide bonds. The molecule has 0 saturated heterocycles. The molecule has 0 heteroatoms. The normalized spacial score (nSPS) is 22.3. The lowest BCUT2D eigenvalue weighted by atomic mass is 9.70. The van der Waals surface area contributed by atoms with E-state index in [4.69, 9.17) is 0 Å². The predicted molar refractivity (Wildman–Crippen MR) is 98.2 cm³/mol. The van der Waals surface area contributed by atoms with E-state index < -0.39 is 0 Å². The highest BCUT2D eigenvalue weighted by molar-refractivity contribution is 5.46. The quantitative estimate of drug-likeness (QED) is 0.626. The van der Waals surface area contributed by atoms with Crippen molar-refractivity contribution in [3.63, 3.8) is 0 Å². The van der Waals surface area contributed by atoms with Crippen molar-refractivity contribution in [2.24, 2.45) is 5.41 Å². The second kappa shape index (κ2) is 5.51. The Labute approximate surface area is 140 Å². The minimum absolute atomic E-state index is 0.486. The van der Waals surface area contributed by atoms with Crippen LogP contribution >= 0.6 is 0 Å². The van der Waals surface area contributed by atoms with Gasteiger partial charge in [0, 0.05) is 0 Å². The van der Waals surface area contributed by atoms with Crippen LogP contribution in [0, 0.1) is 12.3 Å². The summed E-state index contributed by atoms with van der Waals surface area (Å²) in [6.45, 7) is 7.10. The van der Waals surface area contributed by atoms with Gasteiger partial charge < -0.3 is 0 Å². The van der Waals surface area contributed by atoms with Gasteiger partial charge in [-0.3, -0.25) is 0 Å². The molecule has 4 rings (SSSR count). The fraction of sp³-hybridized carbons (Fsp3) is 0.478. The van der Waals surface area contributed by atoms with Gasteiger partial charge in [0.05, 0.1) is 0 Å². The van der Waals surface area contributed by atoms with Crippen LogP contribution in [0.2, 0.25) is 0 Å². The third-order valence-electron chi connectivity index (χ3n) is 6.18. The van der Waals surface area contributed by atoms with E-state index in [0.29, 0.717) is 11.3 Å². The first-order chi connectivity index (χ1) is 11.0. The van der Waals surface area contributed by atoms with Crippen LogP contribution in [0.25, 0.3) is 0 Å². The summed E-state index contributed by atoms with van der Waals surface area (Å²) in [4.78, 5) is 0. The van der Waals surface area contributed by atoms with Gasteiger partial charge in [0.25, 0.3) is 0 Å². The summed E-state index contributed by atoms with van der Waals surface area (Å²) in [6.07, 6.45) is 7.72. The number of fused-ring (bicyclic) bond motifs is 3. The van der Waals surface area contributed by atoms with Crippen molar-refractivity contribution in [3.8, 4) is 0 Å². The van der Waals surface area contributed by atoms with Gasteiger partial charge in [-0.2, -0.15) is 0 Å². The molecule has 0 heterocycles. The average Bonchev–Trinajstić information content (AvgIpc) is 2.53. The van der Waals surface area contributed by atoms with Crippen LogP contribution in [-0.4, -0.2) is 0 Å². The van der Waals surface area contributed by atoms with Crippen molar-refractivity contribution in [1.82, 2.24) is 0 Å². The molecule has 0 aliphatic heterocycles. The van der Waals surface area contributed by atoms with Crippen LogP contribution < -0.4 is 0 Å². The maximum atomic E-state index is 2.44. The summed E-state index contributed by atoms with van der Waals surface area (Å²) in [5.74, 6) is 0.710. The van der Waals surface area contributed by atoms with Gasteiger partial charge in [0.1, 0.15) is 0 Å². The zero-order valence-corrected chi connectivity index (χ0v) is 14.8. The lowest BCUT2D eigenvalue weighted by Crippen LogP contribution is -2.25. The van der Waals surface area contributed by atoms with Crippen molar-refractivity contribution in [2.45, 2.75) is 65.2 Å². The van der Waals surface area contributed by atoms with Crippen molar-refractivity contribution in [2.75, 3.05) is 0 Å². The van der Waals surface area contributed by atoms with Gasteiger partial charge in [-0.25, -0.2) is 0 Å². The zero-order valence-electron chi connectivity index (χ0n) is 14.8. The molecule has 0 N–H and O–H groups in total. The van der Waals surface area contributed by atoms with Crippen LogP contribution in [-0.2, 0) is 25.7 Å². The molecule has 0 saturated carbocycles. The zero-order chi connectivity index (χ0) is 16.0. The van der Waals surface area contributed by atoms with Crippen LogP contribution in [0.3, 0.4) is 0 Å². The standard InChI is InChI=1S/C23H28/c1-16-6-4-5-7-20(16)17-10-11-21-18(14-17)8-9-19-15-23(2,3)13-12-22(19)21/h4-9,17H,10-15H2,1-3H3. The highest BCUT2D eigenvalue weighted by Gasteiger charge is 2.30. The van der Waals surface area contributed by atoms with Crippen LogP contribution in [0.4, 0.5) is 0 Å². The summed E-state index contributed by atoms with van der Waals surface area (Å²) >= 11 is 0. The topological polar surface area (TPSA) is 0 Å². The Morgan fingerprint density at radius 3 is 2.48 bits per heavy atom. The number of aryl methyl sites for hydroxylation is 1. The van der Waals surface area contributed by atoms with Crippen LogP contribution in [0.15, 0.2) is 36.4 Å². The average molecular weight is 304 g/mol. The van der Waals surface area contributed by atoms with E-state index in [9.17, 15) is 0 Å². The van der Waals surface area contributed by atoms with Gasteiger partial charge in [0.2, 0.25) is 0 Å². The molecule has 0 spiro atoms. The summed E-state index contributed by atoms with van der Waals surface area (Å²) in [6, 6.07) is 13.8. The molecule has 1 atom stereocenters. The van der Waals surface area contributed by atoms with E-state index in [0.717, 1.165) is 0 Å². The van der Waals surface area contributed by atoms with Crippen molar-refractivity contribution in [1.29, 1.82) is 0 Å². The van der Waals surface area contributed by atoms with E-state index in [-0.39, 0.29) is 0 Å². The summed E-state index contributed by atoms with van der Waals surface area (Å²) in [7, 11) is 0. The number of hydrogen-bond acceptors (Lipinski definition) is 0. The number of benzene rings is 2. The minimum atomic E-state index is 0.486. The van der Waals surface area contributed by atoms with Gasteiger partial charge in [-0.1, -0.05) is 50.2 Å². The number of hydrogen-bond donors (Lipinski definition) is 0. The maximum Gasteiger partial charge on any atom is -0.0116 e. The second-order valence-corrected chi connectivity index (χ2v) is 8.48. The largest absolute Gasteiger partial charge is 0.0620 e. The molecule has 0 radical (unpaired) electrons. The van der Waals surface area contributed by atoms with Gasteiger partial charge in [0.15, 0.2) is 0 Å². The summed E-state index contributed by atoms with van der Waals surface area (Å²) < 4.78 is 0. The monoisotopic (exact) mass is 304 g/mol. The Morgan fingerprint density at radius 1 is 0.913 bits per heavy atom. The summed E-state index contributed by atoms with van der Waals surface area (Å²) in [5, 5.41) is 0. The number of rotatable bonds is 1. The molecule has 2 aliphatic carbocycles. The smallest absolute Gasteiger partial charge is 0.0116 e. The molecular weight excluding hydrogens is 276 g/mol. The van der Waals surface area contributed by atoms with E-state index in [1.165, 1.54) is 44.1 Å². The Balaban J connectivity index is 1.66. The van der Waals surface area contributed by atoms with E-state index in [1.807, 2.05) is 0 Å². The van der Waals surface area contributed by atoms with E-state index in [2.05, 4.69) is 57.2 Å². The third-order valence-corrected chi connectivity index (χ3v) is 6.18. The molecule has 120 valence electrons. The first-order valence-corrected chi connectivity index (χ1v) is 9.21. The van der Waals surface area contributed by atoms with Crippen molar-refractivity contribution >= 4 is 0 Å². The molecule has 0 aromatic heterocycles. The SMILES string of the molecule is Cc1ccccc1C1CCc2c(ccc3c2CCC(C)(C)C3)C1. The fourth-order valence-electron chi connectivity index (χ4n) is 4.83. The van der Waals surface area contributed by atoms with E-state index in [1.54, 1.807) is 27.8 Å². The van der Waals surface area contributed by atoms with Crippen molar-refractivity contribution in [3.05, 3.63) is 69.8 Å². The van der Waals surface area contributed by atoms with Gasteiger partial charge in [-0.15, -0.1) is 0 Å². The molecule has 0 nitrogen and oxygen atoms in total. The van der Waals surface area contributed by atoms with Crippen LogP contribution in [0.1, 0.15) is 66.0 Å². The Morgan fingerprint density at radius 2 is 1.65 bits per heavy atom. The first kappa shape index (κ1) is 15.0. The second-order valence-electron chi connectivity index (χ2n) is 8.48.